The molecule has 1 fully saturated rings. The highest BCUT2D eigenvalue weighted by Gasteiger charge is 2.43. The van der Waals surface area contributed by atoms with Crippen LogP contribution in [0.2, 0.25) is 0 Å². The lowest BCUT2D eigenvalue weighted by Crippen LogP contribution is -2.54. The highest BCUT2D eigenvalue weighted by atomic mass is 16.6. The van der Waals surface area contributed by atoms with Gasteiger partial charge in [0.15, 0.2) is 0 Å². The first-order valence-electron chi connectivity index (χ1n) is 7.88. The van der Waals surface area contributed by atoms with Crippen molar-refractivity contribution >= 4 is 18.0 Å². The molecule has 3 atom stereocenters. The number of carbonyl (C=O) groups is 3. The molecule has 23 heavy (non-hydrogen) atoms. The third-order valence-corrected chi connectivity index (χ3v) is 3.98. The number of hydrogen-bond donors (Lipinski definition) is 2. The van der Waals surface area contributed by atoms with E-state index in [0.29, 0.717) is 25.7 Å². The van der Waals surface area contributed by atoms with Crippen LogP contribution in [-0.4, -0.2) is 51.7 Å². The monoisotopic (exact) mass is 324 g/mol. The summed E-state index contributed by atoms with van der Waals surface area (Å²) < 4.78 is 5.19. The molecule has 7 heteroatoms. The molecule has 0 aromatic rings. The highest BCUT2D eigenvalue weighted by Crippen LogP contribution is 2.29. The average molecular weight is 324 g/mol. The van der Waals surface area contributed by atoms with E-state index in [9.17, 15) is 19.5 Å². The molecule has 2 aliphatic rings. The molecule has 128 valence electrons. The SMILES string of the molecule is CC(C)(C)OC(=O)N[C@H]1C/C=C\C[C@@H]2CC[C@@H](C(=O)O)N2C1=O. The molecule has 0 radical (unpaired) electrons. The Hall–Kier alpha value is -2.05. The van der Waals surface area contributed by atoms with Crippen LogP contribution in [0.1, 0.15) is 46.5 Å². The minimum Gasteiger partial charge on any atom is -0.480 e. The second-order valence-electron chi connectivity index (χ2n) is 6.97. The second kappa shape index (κ2) is 6.60. The number of amides is 2. The third-order valence-electron chi connectivity index (χ3n) is 3.98. The molecule has 0 spiro atoms. The van der Waals surface area contributed by atoms with Crippen LogP contribution in [0, 0.1) is 0 Å². The van der Waals surface area contributed by atoms with Crippen LogP contribution in [0.4, 0.5) is 4.79 Å². The summed E-state index contributed by atoms with van der Waals surface area (Å²) in [6, 6.07) is -1.74. The van der Waals surface area contributed by atoms with Gasteiger partial charge in [-0.15, -0.1) is 0 Å². The Labute approximate surface area is 135 Å². The smallest absolute Gasteiger partial charge is 0.408 e. The van der Waals surface area contributed by atoms with E-state index in [0.717, 1.165) is 0 Å². The second-order valence-corrected chi connectivity index (χ2v) is 6.97. The summed E-state index contributed by atoms with van der Waals surface area (Å²) in [5.74, 6) is -1.35. The van der Waals surface area contributed by atoms with Crippen molar-refractivity contribution in [1.29, 1.82) is 0 Å². The van der Waals surface area contributed by atoms with Crippen molar-refractivity contribution in [3.05, 3.63) is 12.2 Å². The maximum Gasteiger partial charge on any atom is 0.408 e. The number of rotatable bonds is 2. The number of carboxylic acids is 1. The number of aliphatic carboxylic acids is 1. The van der Waals surface area contributed by atoms with Crippen LogP contribution < -0.4 is 5.32 Å². The Bertz CT molecular complexity index is 523. The summed E-state index contributed by atoms with van der Waals surface area (Å²) in [6.07, 6.45) is 5.20. The number of nitrogens with one attached hydrogen (secondary N) is 1. The maximum absolute atomic E-state index is 12.8. The molecular weight excluding hydrogens is 300 g/mol. The summed E-state index contributed by atoms with van der Waals surface area (Å²) in [7, 11) is 0. The van der Waals surface area contributed by atoms with E-state index >= 15 is 0 Å². The molecule has 0 aromatic carbocycles. The summed E-state index contributed by atoms with van der Waals surface area (Å²) >= 11 is 0. The van der Waals surface area contributed by atoms with Crippen molar-refractivity contribution in [3.8, 4) is 0 Å². The van der Waals surface area contributed by atoms with Gasteiger partial charge in [-0.2, -0.15) is 0 Å². The predicted molar refractivity (Wildman–Crippen MR) is 82.8 cm³/mol. The zero-order valence-corrected chi connectivity index (χ0v) is 13.7. The van der Waals surface area contributed by atoms with Gasteiger partial charge >= 0.3 is 12.1 Å². The van der Waals surface area contributed by atoms with Gasteiger partial charge in [0.25, 0.3) is 0 Å². The van der Waals surface area contributed by atoms with E-state index in [1.54, 1.807) is 20.8 Å². The molecule has 7 nitrogen and oxygen atoms in total. The maximum atomic E-state index is 12.8. The van der Waals surface area contributed by atoms with Crippen LogP contribution in [0.3, 0.4) is 0 Å². The van der Waals surface area contributed by atoms with Gasteiger partial charge in [0.05, 0.1) is 0 Å². The van der Waals surface area contributed by atoms with E-state index in [1.807, 2.05) is 12.2 Å². The van der Waals surface area contributed by atoms with Gasteiger partial charge in [-0.05, 0) is 46.5 Å². The number of hydrogen-bond acceptors (Lipinski definition) is 4. The Morgan fingerprint density at radius 1 is 1.26 bits per heavy atom. The van der Waals surface area contributed by atoms with Gasteiger partial charge in [0.1, 0.15) is 17.7 Å². The summed E-state index contributed by atoms with van der Waals surface area (Å²) in [6.45, 7) is 5.22. The van der Waals surface area contributed by atoms with Crippen LogP contribution >= 0.6 is 0 Å². The van der Waals surface area contributed by atoms with Crippen molar-refractivity contribution in [2.75, 3.05) is 0 Å². The lowest BCUT2D eigenvalue weighted by Gasteiger charge is -2.33. The summed E-state index contributed by atoms with van der Waals surface area (Å²) in [4.78, 5) is 37.5. The van der Waals surface area contributed by atoms with E-state index in [-0.39, 0.29) is 11.9 Å². The first-order valence-corrected chi connectivity index (χ1v) is 7.88. The molecule has 2 aliphatic heterocycles. The van der Waals surface area contributed by atoms with E-state index in [2.05, 4.69) is 5.32 Å². The first-order chi connectivity index (χ1) is 10.7. The van der Waals surface area contributed by atoms with Crippen molar-refractivity contribution < 1.29 is 24.2 Å². The van der Waals surface area contributed by atoms with Crippen LogP contribution in [-0.2, 0) is 14.3 Å². The molecule has 2 N–H and O–H groups in total. The molecule has 0 bridgehead atoms. The number of ether oxygens (including phenoxy) is 1. The quantitative estimate of drug-likeness (QED) is 0.753. The van der Waals surface area contributed by atoms with Gasteiger partial charge in [-0.25, -0.2) is 9.59 Å². The molecule has 0 aromatic heterocycles. The number of carboxylic acid groups (broad SMARTS) is 1. The Morgan fingerprint density at radius 2 is 1.91 bits per heavy atom. The highest BCUT2D eigenvalue weighted by molar-refractivity contribution is 5.90. The number of nitrogens with zero attached hydrogens (tertiary/aromatic N) is 1. The molecular formula is C16H24N2O5. The third kappa shape index (κ3) is 4.24. The van der Waals surface area contributed by atoms with Crippen LogP contribution in [0.15, 0.2) is 12.2 Å². The summed E-state index contributed by atoms with van der Waals surface area (Å²) in [5.41, 5.74) is -0.662. The van der Waals surface area contributed by atoms with Crippen molar-refractivity contribution in [3.63, 3.8) is 0 Å². The largest absolute Gasteiger partial charge is 0.480 e. The average Bonchev–Trinajstić information content (AvgIpc) is 2.81. The van der Waals surface area contributed by atoms with E-state index in [1.165, 1.54) is 4.90 Å². The number of carbonyl (C=O) groups excluding carboxylic acids is 2. The van der Waals surface area contributed by atoms with Crippen molar-refractivity contribution in [2.24, 2.45) is 0 Å². The minimum atomic E-state index is -0.999. The first kappa shape index (κ1) is 17.3. The van der Waals surface area contributed by atoms with Crippen LogP contribution in [0.25, 0.3) is 0 Å². The zero-order chi connectivity index (χ0) is 17.2. The van der Waals surface area contributed by atoms with Gasteiger partial charge in [0, 0.05) is 6.04 Å². The van der Waals surface area contributed by atoms with E-state index < -0.39 is 29.7 Å². The standard InChI is InChI=1S/C16H24N2O5/c1-16(2,3)23-15(22)17-11-7-5-4-6-10-8-9-12(14(20)21)18(10)13(11)19/h4-5,10-12H,6-9H2,1-3H3,(H,17,22)(H,20,21)/b5-4-/t10-,11+,12+/m1/s1. The lowest BCUT2D eigenvalue weighted by atomic mass is 10.0. The van der Waals surface area contributed by atoms with Gasteiger partial charge in [0.2, 0.25) is 5.91 Å². The molecule has 2 amide bonds. The topological polar surface area (TPSA) is 95.9 Å². The van der Waals surface area contributed by atoms with Gasteiger partial charge in [-0.1, -0.05) is 12.2 Å². The fourth-order valence-corrected chi connectivity index (χ4v) is 3.03. The normalized spacial score (nSPS) is 29.3. The Morgan fingerprint density at radius 3 is 2.52 bits per heavy atom. The Balaban J connectivity index is 2.14. The molecule has 1 saturated heterocycles. The van der Waals surface area contributed by atoms with Gasteiger partial charge < -0.3 is 20.1 Å². The molecule has 2 rings (SSSR count). The summed E-state index contributed by atoms with van der Waals surface area (Å²) in [5, 5.41) is 11.9. The molecule has 0 unspecified atom stereocenters. The zero-order valence-electron chi connectivity index (χ0n) is 13.7. The van der Waals surface area contributed by atoms with Gasteiger partial charge in [-0.3, -0.25) is 4.79 Å². The number of alkyl carbamates (subject to hydrolysis) is 1. The predicted octanol–water partition coefficient (Wildman–Crippen LogP) is 1.67. The molecule has 0 saturated carbocycles. The molecule has 2 heterocycles. The van der Waals surface area contributed by atoms with Crippen molar-refractivity contribution in [2.45, 2.75) is 70.2 Å². The molecule has 0 aliphatic carbocycles. The fourth-order valence-electron chi connectivity index (χ4n) is 3.03. The van der Waals surface area contributed by atoms with Crippen molar-refractivity contribution in [1.82, 2.24) is 10.2 Å². The lowest BCUT2D eigenvalue weighted by molar-refractivity contribution is -0.150. The van der Waals surface area contributed by atoms with E-state index in [4.69, 9.17) is 4.74 Å². The fraction of sp³-hybridized carbons (Fsp3) is 0.688. The number of fused-ring (bicyclic) bond motifs is 1. The van der Waals surface area contributed by atoms with Crippen LogP contribution in [0.5, 0.6) is 0 Å². The minimum absolute atomic E-state index is 0.122. The Kier molecular flexibility index (Phi) is 4.97.